The average Bonchev–Trinajstić information content (AvgIpc) is 2.94. The number of nitrogens with zero attached hydrogens (tertiary/aromatic N) is 3. The fourth-order valence-electron chi connectivity index (χ4n) is 2.27. The average molecular weight is 407 g/mol. The van der Waals surface area contributed by atoms with Crippen LogP contribution in [0.3, 0.4) is 0 Å². The van der Waals surface area contributed by atoms with Gasteiger partial charge in [0.2, 0.25) is 4.77 Å². The van der Waals surface area contributed by atoms with Crippen LogP contribution in [-0.4, -0.2) is 35.8 Å². The van der Waals surface area contributed by atoms with Gasteiger partial charge in [-0.15, -0.1) is 0 Å². The van der Waals surface area contributed by atoms with E-state index in [2.05, 4.69) is 15.3 Å². The lowest BCUT2D eigenvalue weighted by atomic mass is 10.1. The molecule has 0 aliphatic rings. The fourth-order valence-corrected chi connectivity index (χ4v) is 3.22. The van der Waals surface area contributed by atoms with E-state index >= 15 is 0 Å². The molecule has 0 atom stereocenters. The maximum atomic E-state index is 11.5. The van der Waals surface area contributed by atoms with Crippen LogP contribution in [0.2, 0.25) is 5.02 Å². The van der Waals surface area contributed by atoms with Gasteiger partial charge < -0.3 is 0 Å². The molecule has 3 aromatic rings. The summed E-state index contributed by atoms with van der Waals surface area (Å²) in [5, 5.41) is 12.0. The summed E-state index contributed by atoms with van der Waals surface area (Å²) in [6.07, 6.45) is 3.30. The second kappa shape index (κ2) is 7.53. The maximum absolute atomic E-state index is 11.5. The maximum Gasteiger partial charge on any atom is 0.216 e. The summed E-state index contributed by atoms with van der Waals surface area (Å²) in [6.45, 7) is 0. The number of halogens is 1. The quantitative estimate of drug-likeness (QED) is 0.519. The summed E-state index contributed by atoms with van der Waals surface area (Å²) in [5.74, 6) is 0.618. The molecule has 9 heteroatoms. The number of nitrogens with one attached hydrogen (secondary N) is 1. The van der Waals surface area contributed by atoms with E-state index in [4.69, 9.17) is 23.8 Å². The van der Waals surface area contributed by atoms with Gasteiger partial charge in [-0.2, -0.15) is 14.9 Å². The number of sulfone groups is 1. The molecule has 0 spiro atoms. The molecule has 0 fully saturated rings. The van der Waals surface area contributed by atoms with E-state index < -0.39 is 9.84 Å². The molecule has 6 nitrogen and oxygen atoms in total. The molecule has 1 heterocycles. The van der Waals surface area contributed by atoms with Gasteiger partial charge in [-0.05, 0) is 47.6 Å². The smallest absolute Gasteiger partial charge is 0.216 e. The van der Waals surface area contributed by atoms with Gasteiger partial charge >= 0.3 is 0 Å². The number of hydrogen-bond acceptors (Lipinski definition) is 5. The lowest BCUT2D eigenvalue weighted by Crippen LogP contribution is -2.01. The van der Waals surface area contributed by atoms with Crippen molar-refractivity contribution in [3.63, 3.8) is 0 Å². The molecule has 1 N–H and O–H groups in total. The van der Waals surface area contributed by atoms with Crippen molar-refractivity contribution in [2.75, 3.05) is 6.26 Å². The fraction of sp³-hybridized carbons (Fsp3) is 0.118. The van der Waals surface area contributed by atoms with E-state index in [1.54, 1.807) is 42.6 Å². The zero-order chi connectivity index (χ0) is 18.7. The van der Waals surface area contributed by atoms with E-state index in [9.17, 15) is 8.42 Å². The van der Waals surface area contributed by atoms with Gasteiger partial charge in [0.1, 0.15) is 0 Å². The predicted molar refractivity (Wildman–Crippen MR) is 104 cm³/mol. The van der Waals surface area contributed by atoms with Gasteiger partial charge in [-0.1, -0.05) is 35.9 Å². The van der Waals surface area contributed by atoms with E-state index in [1.807, 2.05) is 12.1 Å². The van der Waals surface area contributed by atoms with Gasteiger partial charge in [-0.3, -0.25) is 5.10 Å². The van der Waals surface area contributed by atoms with Crippen molar-refractivity contribution < 1.29 is 8.42 Å². The van der Waals surface area contributed by atoms with E-state index in [0.717, 1.165) is 11.1 Å². The molecule has 0 unspecified atom stereocenters. The monoisotopic (exact) mass is 406 g/mol. The van der Waals surface area contributed by atoms with Crippen LogP contribution in [0.5, 0.6) is 0 Å². The molecule has 0 radical (unpaired) electrons. The van der Waals surface area contributed by atoms with E-state index in [0.29, 0.717) is 22.0 Å². The number of H-pyrrole nitrogens is 1. The molecule has 2 aromatic carbocycles. The SMILES string of the molecule is CS(=O)(=O)c1ccc(Cc2n[nH]c(=S)n2/N=C/c2ccc(Cl)cc2)cc1. The molecule has 0 saturated carbocycles. The first-order valence-corrected chi connectivity index (χ1v) is 10.3. The van der Waals surface area contributed by atoms with E-state index in [-0.39, 0.29) is 4.90 Å². The minimum Gasteiger partial charge on any atom is -0.250 e. The van der Waals surface area contributed by atoms with Crippen LogP contribution in [0, 0.1) is 4.77 Å². The van der Waals surface area contributed by atoms with Crippen LogP contribution < -0.4 is 0 Å². The largest absolute Gasteiger partial charge is 0.250 e. The van der Waals surface area contributed by atoms with Crippen molar-refractivity contribution in [1.29, 1.82) is 0 Å². The molecule has 0 aliphatic heterocycles. The number of benzene rings is 2. The first-order valence-electron chi connectivity index (χ1n) is 7.58. The van der Waals surface area contributed by atoms with Crippen molar-refractivity contribution in [2.24, 2.45) is 5.10 Å². The van der Waals surface area contributed by atoms with Crippen molar-refractivity contribution >= 4 is 39.9 Å². The van der Waals surface area contributed by atoms with Crippen LogP contribution in [0.25, 0.3) is 0 Å². The second-order valence-electron chi connectivity index (χ2n) is 5.65. The summed E-state index contributed by atoms with van der Waals surface area (Å²) in [4.78, 5) is 0.279. The van der Waals surface area contributed by atoms with Gasteiger partial charge in [-0.25, -0.2) is 8.42 Å². The summed E-state index contributed by atoms with van der Waals surface area (Å²) >= 11 is 11.1. The third-order valence-corrected chi connectivity index (χ3v) is 5.27. The Labute approximate surface area is 161 Å². The summed E-state index contributed by atoms with van der Waals surface area (Å²) < 4.78 is 25.0. The van der Waals surface area contributed by atoms with Crippen molar-refractivity contribution in [2.45, 2.75) is 11.3 Å². The highest BCUT2D eigenvalue weighted by molar-refractivity contribution is 7.90. The van der Waals surface area contributed by atoms with Gasteiger partial charge in [0, 0.05) is 17.7 Å². The lowest BCUT2D eigenvalue weighted by Gasteiger charge is -2.03. The van der Waals surface area contributed by atoms with Crippen LogP contribution in [0.1, 0.15) is 17.0 Å². The second-order valence-corrected chi connectivity index (χ2v) is 8.48. The molecule has 0 saturated heterocycles. The summed E-state index contributed by atoms with van der Waals surface area (Å²) in [6, 6.07) is 13.9. The molecule has 1 aromatic heterocycles. The Kier molecular flexibility index (Phi) is 5.36. The van der Waals surface area contributed by atoms with Crippen LogP contribution >= 0.6 is 23.8 Å². The molecular formula is C17H15ClN4O2S2. The van der Waals surface area contributed by atoms with E-state index in [1.165, 1.54) is 10.9 Å². The molecule has 0 amide bonds. The molecular weight excluding hydrogens is 392 g/mol. The Hall–Kier alpha value is -2.29. The van der Waals surface area contributed by atoms with Gasteiger partial charge in [0.05, 0.1) is 11.1 Å². The lowest BCUT2D eigenvalue weighted by molar-refractivity contribution is 0.602. The third kappa shape index (κ3) is 4.46. The van der Waals surface area contributed by atoms with Crippen molar-refractivity contribution in [1.82, 2.24) is 14.9 Å². The van der Waals surface area contributed by atoms with Crippen LogP contribution in [0.4, 0.5) is 0 Å². The number of aromatic amines is 1. The molecule has 3 rings (SSSR count). The standard InChI is InChI=1S/C17H15ClN4O2S2/c1-26(23,24)15-8-4-12(5-9-15)10-16-20-21-17(25)22(16)19-11-13-2-6-14(18)7-3-13/h2-9,11H,10H2,1H3,(H,21,25)/b19-11+. The third-order valence-electron chi connectivity index (χ3n) is 3.62. The Morgan fingerprint density at radius 3 is 2.46 bits per heavy atom. The predicted octanol–water partition coefficient (Wildman–Crippen LogP) is 3.47. The first-order chi connectivity index (χ1) is 12.3. The molecule has 134 valence electrons. The highest BCUT2D eigenvalue weighted by atomic mass is 35.5. The molecule has 26 heavy (non-hydrogen) atoms. The van der Waals surface area contributed by atoms with Crippen molar-refractivity contribution in [3.8, 4) is 0 Å². The van der Waals surface area contributed by atoms with Crippen molar-refractivity contribution in [3.05, 3.63) is 75.3 Å². The minimum atomic E-state index is -3.22. The Morgan fingerprint density at radius 2 is 1.85 bits per heavy atom. The van der Waals surface area contributed by atoms with Gasteiger partial charge in [0.15, 0.2) is 15.7 Å². The zero-order valence-corrected chi connectivity index (χ0v) is 16.1. The Bertz CT molecular complexity index is 1100. The normalized spacial score (nSPS) is 11.9. The number of rotatable bonds is 5. The van der Waals surface area contributed by atoms with Crippen LogP contribution in [0.15, 0.2) is 58.5 Å². The first kappa shape index (κ1) is 18.5. The molecule has 0 bridgehead atoms. The highest BCUT2D eigenvalue weighted by Crippen LogP contribution is 2.14. The summed E-state index contributed by atoms with van der Waals surface area (Å²) in [5.41, 5.74) is 1.77. The Morgan fingerprint density at radius 1 is 1.19 bits per heavy atom. The Balaban J connectivity index is 1.84. The van der Waals surface area contributed by atoms with Gasteiger partial charge in [0.25, 0.3) is 0 Å². The zero-order valence-electron chi connectivity index (χ0n) is 13.8. The minimum absolute atomic E-state index is 0.279. The molecule has 0 aliphatic carbocycles. The van der Waals surface area contributed by atoms with Crippen LogP contribution in [-0.2, 0) is 16.3 Å². The topological polar surface area (TPSA) is 80.1 Å². The summed E-state index contributed by atoms with van der Waals surface area (Å²) in [7, 11) is -3.22. The number of aromatic nitrogens is 3. The number of hydrogen-bond donors (Lipinski definition) is 1. The highest BCUT2D eigenvalue weighted by Gasteiger charge is 2.09.